The zero-order valence-corrected chi connectivity index (χ0v) is 12.0. The maximum atomic E-state index is 5.55. The Bertz CT molecular complexity index is 402. The Balaban J connectivity index is 2.07. The van der Waals surface area contributed by atoms with Gasteiger partial charge in [-0.25, -0.2) is 0 Å². The molecular weight excluding hydrogens is 222 g/mol. The van der Waals surface area contributed by atoms with E-state index in [0.717, 1.165) is 0 Å². The molecule has 0 spiro atoms. The monoisotopic (exact) mass is 247 g/mol. The molecule has 1 aromatic rings. The van der Waals surface area contributed by atoms with Crippen LogP contribution in [0.4, 0.5) is 0 Å². The van der Waals surface area contributed by atoms with Crippen LogP contribution in [0.5, 0.6) is 0 Å². The van der Waals surface area contributed by atoms with E-state index in [1.165, 1.54) is 36.0 Å². The van der Waals surface area contributed by atoms with E-state index in [1.807, 2.05) is 7.11 Å². The Morgan fingerprint density at radius 3 is 2.78 bits per heavy atom. The first-order valence-corrected chi connectivity index (χ1v) is 6.98. The number of rotatable bonds is 4. The molecule has 1 aliphatic carbocycles. The first-order valence-electron chi connectivity index (χ1n) is 6.98. The summed E-state index contributed by atoms with van der Waals surface area (Å²) in [6.07, 6.45) is 4.08. The van der Waals surface area contributed by atoms with Gasteiger partial charge in [0.15, 0.2) is 0 Å². The fraction of sp³-hybridized carbons (Fsp3) is 0.625. The summed E-state index contributed by atoms with van der Waals surface area (Å²) in [5, 5.41) is 3.74. The Morgan fingerprint density at radius 1 is 1.28 bits per heavy atom. The molecular formula is C16H25NO. The van der Waals surface area contributed by atoms with Gasteiger partial charge in [0, 0.05) is 19.2 Å². The Morgan fingerprint density at radius 2 is 2.06 bits per heavy atom. The van der Waals surface area contributed by atoms with Crippen molar-refractivity contribution in [3.63, 3.8) is 0 Å². The highest BCUT2D eigenvalue weighted by molar-refractivity contribution is 5.32. The molecule has 2 heteroatoms. The van der Waals surface area contributed by atoms with E-state index in [-0.39, 0.29) is 0 Å². The van der Waals surface area contributed by atoms with Crippen molar-refractivity contribution < 1.29 is 4.74 Å². The third kappa shape index (κ3) is 2.93. The van der Waals surface area contributed by atoms with Crippen LogP contribution < -0.4 is 5.32 Å². The highest BCUT2D eigenvalue weighted by atomic mass is 16.5. The van der Waals surface area contributed by atoms with Crippen LogP contribution in [0.3, 0.4) is 0 Å². The van der Waals surface area contributed by atoms with E-state index in [0.29, 0.717) is 18.2 Å². The van der Waals surface area contributed by atoms with Gasteiger partial charge in [0.25, 0.3) is 0 Å². The maximum absolute atomic E-state index is 5.55. The molecule has 0 saturated heterocycles. The lowest BCUT2D eigenvalue weighted by Gasteiger charge is -2.25. The quantitative estimate of drug-likeness (QED) is 0.879. The molecule has 2 rings (SSSR count). The highest BCUT2D eigenvalue weighted by Crippen LogP contribution is 2.26. The fourth-order valence-electron chi connectivity index (χ4n) is 3.04. The molecule has 1 fully saturated rings. The molecule has 1 saturated carbocycles. The summed E-state index contributed by atoms with van der Waals surface area (Å²) in [5.74, 6) is 0. The minimum absolute atomic E-state index is 0.387. The molecule has 100 valence electrons. The average molecular weight is 247 g/mol. The van der Waals surface area contributed by atoms with E-state index in [4.69, 9.17) is 4.74 Å². The molecule has 1 N–H and O–H groups in total. The molecule has 0 heterocycles. The second kappa shape index (κ2) is 5.85. The Hall–Kier alpha value is -0.860. The van der Waals surface area contributed by atoms with Crippen molar-refractivity contribution in [1.82, 2.24) is 5.32 Å². The fourth-order valence-corrected chi connectivity index (χ4v) is 3.04. The van der Waals surface area contributed by atoms with Gasteiger partial charge in [-0.05, 0) is 51.2 Å². The molecule has 0 amide bonds. The van der Waals surface area contributed by atoms with E-state index >= 15 is 0 Å². The van der Waals surface area contributed by atoms with Crippen molar-refractivity contribution in [2.75, 3.05) is 7.11 Å². The molecule has 0 bridgehead atoms. The van der Waals surface area contributed by atoms with Crippen molar-refractivity contribution >= 4 is 0 Å². The second-order valence-corrected chi connectivity index (χ2v) is 5.56. The summed E-state index contributed by atoms with van der Waals surface area (Å²) in [5.41, 5.74) is 4.11. The van der Waals surface area contributed by atoms with Crippen molar-refractivity contribution in [1.29, 1.82) is 0 Å². The van der Waals surface area contributed by atoms with Crippen molar-refractivity contribution in [3.05, 3.63) is 34.9 Å². The molecule has 2 nitrogen and oxygen atoms in total. The standard InChI is InChI=1S/C16H25NO/c1-11-8-9-12(2)14(10-11)13(3)17-15-6-5-7-16(15)18-4/h8-10,13,15-17H,5-7H2,1-4H3. The summed E-state index contributed by atoms with van der Waals surface area (Å²) in [6, 6.07) is 7.59. The van der Waals surface area contributed by atoms with Crippen LogP contribution in [-0.4, -0.2) is 19.3 Å². The molecule has 3 atom stereocenters. The van der Waals surface area contributed by atoms with Gasteiger partial charge in [-0.1, -0.05) is 23.8 Å². The van der Waals surface area contributed by atoms with Crippen molar-refractivity contribution in [3.8, 4) is 0 Å². The summed E-state index contributed by atoms with van der Waals surface area (Å²) in [6.45, 7) is 6.60. The molecule has 0 radical (unpaired) electrons. The minimum atomic E-state index is 0.387. The van der Waals surface area contributed by atoms with Gasteiger partial charge in [0.1, 0.15) is 0 Å². The Kier molecular flexibility index (Phi) is 4.41. The van der Waals surface area contributed by atoms with Gasteiger partial charge in [0.05, 0.1) is 6.10 Å². The summed E-state index contributed by atoms with van der Waals surface area (Å²) < 4.78 is 5.55. The Labute approximate surface area is 111 Å². The number of benzene rings is 1. The van der Waals surface area contributed by atoms with Gasteiger partial charge in [-0.3, -0.25) is 0 Å². The molecule has 0 aromatic heterocycles. The number of hydrogen-bond acceptors (Lipinski definition) is 2. The summed E-state index contributed by atoms with van der Waals surface area (Å²) in [7, 11) is 1.83. The average Bonchev–Trinajstić information content (AvgIpc) is 2.79. The minimum Gasteiger partial charge on any atom is -0.380 e. The number of aryl methyl sites for hydroxylation is 2. The predicted octanol–water partition coefficient (Wildman–Crippen LogP) is 3.52. The SMILES string of the molecule is COC1CCCC1NC(C)c1cc(C)ccc1C. The number of nitrogens with one attached hydrogen (secondary N) is 1. The lowest BCUT2D eigenvalue weighted by molar-refractivity contribution is 0.0819. The zero-order chi connectivity index (χ0) is 13.1. The van der Waals surface area contributed by atoms with Crippen molar-refractivity contribution in [2.45, 2.75) is 58.2 Å². The number of ether oxygens (including phenoxy) is 1. The van der Waals surface area contributed by atoms with Crippen LogP contribution in [0, 0.1) is 13.8 Å². The van der Waals surface area contributed by atoms with Crippen LogP contribution in [0.2, 0.25) is 0 Å². The third-order valence-corrected chi connectivity index (χ3v) is 4.12. The highest BCUT2D eigenvalue weighted by Gasteiger charge is 2.28. The van der Waals surface area contributed by atoms with Crippen molar-refractivity contribution in [2.24, 2.45) is 0 Å². The van der Waals surface area contributed by atoms with Crippen LogP contribution in [0.15, 0.2) is 18.2 Å². The van der Waals surface area contributed by atoms with E-state index in [2.05, 4.69) is 44.3 Å². The molecule has 0 aliphatic heterocycles. The first-order chi connectivity index (χ1) is 8.61. The topological polar surface area (TPSA) is 21.3 Å². The van der Waals surface area contributed by atoms with E-state index in [1.54, 1.807) is 0 Å². The van der Waals surface area contributed by atoms with Crippen LogP contribution in [0.25, 0.3) is 0 Å². The van der Waals surface area contributed by atoms with E-state index in [9.17, 15) is 0 Å². The predicted molar refractivity (Wildman–Crippen MR) is 75.9 cm³/mol. The van der Waals surface area contributed by atoms with Gasteiger partial charge < -0.3 is 10.1 Å². The molecule has 1 aromatic carbocycles. The first kappa shape index (κ1) is 13.6. The van der Waals surface area contributed by atoms with Gasteiger partial charge in [0.2, 0.25) is 0 Å². The molecule has 18 heavy (non-hydrogen) atoms. The number of hydrogen-bond donors (Lipinski definition) is 1. The third-order valence-electron chi connectivity index (χ3n) is 4.12. The maximum Gasteiger partial charge on any atom is 0.0724 e. The van der Waals surface area contributed by atoms with Crippen LogP contribution in [0.1, 0.15) is 48.9 Å². The lowest BCUT2D eigenvalue weighted by atomic mass is 9.99. The number of methoxy groups -OCH3 is 1. The summed E-state index contributed by atoms with van der Waals surface area (Å²) >= 11 is 0. The molecule has 3 unspecified atom stereocenters. The van der Waals surface area contributed by atoms with Gasteiger partial charge in [-0.2, -0.15) is 0 Å². The largest absolute Gasteiger partial charge is 0.380 e. The van der Waals surface area contributed by atoms with Crippen LogP contribution >= 0.6 is 0 Å². The smallest absolute Gasteiger partial charge is 0.0724 e. The van der Waals surface area contributed by atoms with Gasteiger partial charge >= 0.3 is 0 Å². The van der Waals surface area contributed by atoms with E-state index < -0.39 is 0 Å². The van der Waals surface area contributed by atoms with Crippen LogP contribution in [-0.2, 0) is 4.74 Å². The zero-order valence-electron chi connectivity index (χ0n) is 12.0. The molecule has 1 aliphatic rings. The normalized spacial score (nSPS) is 25.3. The van der Waals surface area contributed by atoms with Gasteiger partial charge in [-0.15, -0.1) is 0 Å². The second-order valence-electron chi connectivity index (χ2n) is 5.56. The lowest BCUT2D eigenvalue weighted by Crippen LogP contribution is -2.38. The summed E-state index contributed by atoms with van der Waals surface area (Å²) in [4.78, 5) is 0.